The first-order chi connectivity index (χ1) is 15.8. The minimum Gasteiger partial charge on any atom is -0.444 e. The summed E-state index contributed by atoms with van der Waals surface area (Å²) in [6.07, 6.45) is 4.12. The normalized spacial score (nSPS) is 15.4. The second-order valence-electron chi connectivity index (χ2n) is 9.32. The third kappa shape index (κ3) is 5.80. The number of rotatable bonds is 5. The molecule has 1 atom stereocenters. The number of hydrogen-bond donors (Lipinski definition) is 2. The Kier molecular flexibility index (Phi) is 6.49. The van der Waals surface area contributed by atoms with Gasteiger partial charge in [-0.2, -0.15) is 5.10 Å². The number of carbonyl (C=O) groups excluding carboxylic acids is 2. The van der Waals surface area contributed by atoms with Gasteiger partial charge in [0.15, 0.2) is 0 Å². The maximum absolute atomic E-state index is 13.0. The zero-order valence-electron chi connectivity index (χ0n) is 19.3. The summed E-state index contributed by atoms with van der Waals surface area (Å²) < 4.78 is 7.32. The zero-order valence-corrected chi connectivity index (χ0v) is 19.3. The van der Waals surface area contributed by atoms with Crippen LogP contribution in [0.1, 0.15) is 66.8 Å². The van der Waals surface area contributed by atoms with Crippen LogP contribution < -0.4 is 10.6 Å². The van der Waals surface area contributed by atoms with Crippen molar-refractivity contribution in [2.75, 3.05) is 5.32 Å². The van der Waals surface area contributed by atoms with Gasteiger partial charge < -0.3 is 10.1 Å². The highest BCUT2D eigenvalue weighted by Crippen LogP contribution is 2.30. The molecule has 1 unspecified atom stereocenters. The van der Waals surface area contributed by atoms with Gasteiger partial charge in [0.05, 0.1) is 18.8 Å². The van der Waals surface area contributed by atoms with Gasteiger partial charge in [0, 0.05) is 22.5 Å². The van der Waals surface area contributed by atoms with Gasteiger partial charge in [-0.05, 0) is 63.8 Å². The van der Waals surface area contributed by atoms with Crippen LogP contribution in [-0.4, -0.2) is 27.4 Å². The molecule has 3 aromatic rings. The molecule has 0 radical (unpaired) electrons. The van der Waals surface area contributed by atoms with Crippen molar-refractivity contribution in [1.29, 1.82) is 0 Å². The molecule has 2 amide bonds. The Morgan fingerprint density at radius 1 is 1.12 bits per heavy atom. The molecular formula is C26H30N4O3. The lowest BCUT2D eigenvalue weighted by Gasteiger charge is -2.24. The van der Waals surface area contributed by atoms with Crippen LogP contribution in [0, 0.1) is 0 Å². The van der Waals surface area contributed by atoms with Crippen molar-refractivity contribution < 1.29 is 14.3 Å². The molecule has 0 saturated carbocycles. The molecule has 7 nitrogen and oxygen atoms in total. The average molecular weight is 447 g/mol. The highest BCUT2D eigenvalue weighted by atomic mass is 16.6. The molecule has 0 aliphatic heterocycles. The molecule has 1 aliphatic rings. The molecule has 7 heteroatoms. The van der Waals surface area contributed by atoms with Crippen molar-refractivity contribution in [3.63, 3.8) is 0 Å². The Labute approximate surface area is 194 Å². The van der Waals surface area contributed by atoms with Gasteiger partial charge in [-0.1, -0.05) is 36.4 Å². The van der Waals surface area contributed by atoms with Gasteiger partial charge in [0.1, 0.15) is 5.60 Å². The third-order valence-corrected chi connectivity index (χ3v) is 5.51. The second kappa shape index (κ2) is 9.48. The summed E-state index contributed by atoms with van der Waals surface area (Å²) in [6, 6.07) is 17.0. The van der Waals surface area contributed by atoms with Gasteiger partial charge in [0.25, 0.3) is 5.91 Å². The van der Waals surface area contributed by atoms with Crippen LogP contribution in [0.15, 0.2) is 60.8 Å². The number of fused-ring (bicyclic) bond motifs is 1. The maximum Gasteiger partial charge on any atom is 0.412 e. The third-order valence-electron chi connectivity index (χ3n) is 5.51. The van der Waals surface area contributed by atoms with Crippen molar-refractivity contribution in [2.45, 2.75) is 58.2 Å². The van der Waals surface area contributed by atoms with Crippen molar-refractivity contribution in [2.24, 2.45) is 0 Å². The average Bonchev–Trinajstić information content (AvgIpc) is 3.17. The van der Waals surface area contributed by atoms with Crippen LogP contribution in [0.3, 0.4) is 0 Å². The van der Waals surface area contributed by atoms with Gasteiger partial charge in [-0.3, -0.25) is 14.8 Å². The van der Waals surface area contributed by atoms with Crippen LogP contribution in [-0.2, 0) is 17.7 Å². The topological polar surface area (TPSA) is 85.2 Å². The molecule has 2 N–H and O–H groups in total. The Hall–Kier alpha value is -3.61. The zero-order chi connectivity index (χ0) is 23.4. The Balaban J connectivity index is 1.44. The molecule has 0 bridgehead atoms. The monoisotopic (exact) mass is 446 g/mol. The summed E-state index contributed by atoms with van der Waals surface area (Å²) in [7, 11) is 0. The molecule has 4 rings (SSSR count). The van der Waals surface area contributed by atoms with Crippen LogP contribution in [0.5, 0.6) is 0 Å². The molecular weight excluding hydrogens is 416 g/mol. The predicted molar refractivity (Wildman–Crippen MR) is 127 cm³/mol. The number of aromatic nitrogens is 2. The van der Waals surface area contributed by atoms with Crippen molar-refractivity contribution in [3.8, 4) is 0 Å². The van der Waals surface area contributed by atoms with E-state index >= 15 is 0 Å². The SMILES string of the molecule is CC(C)(C)OC(=O)Nc1cccc(C(=O)NC2CCCc3c2cnn3Cc2ccccc2)c1. The lowest BCUT2D eigenvalue weighted by Crippen LogP contribution is -2.31. The van der Waals surface area contributed by atoms with E-state index < -0.39 is 11.7 Å². The van der Waals surface area contributed by atoms with Crippen molar-refractivity contribution in [1.82, 2.24) is 15.1 Å². The summed E-state index contributed by atoms with van der Waals surface area (Å²) in [6.45, 7) is 6.12. The van der Waals surface area contributed by atoms with Crippen LogP contribution in [0.4, 0.5) is 10.5 Å². The minimum atomic E-state index is -0.595. The van der Waals surface area contributed by atoms with Gasteiger partial charge in [-0.15, -0.1) is 0 Å². The summed E-state index contributed by atoms with van der Waals surface area (Å²) >= 11 is 0. The number of nitrogens with zero attached hydrogens (tertiary/aromatic N) is 2. The van der Waals surface area contributed by atoms with E-state index in [2.05, 4.69) is 27.9 Å². The number of ether oxygens (including phenoxy) is 1. The van der Waals surface area contributed by atoms with Gasteiger partial charge in [-0.25, -0.2) is 4.79 Å². The number of benzene rings is 2. The van der Waals surface area contributed by atoms with E-state index in [4.69, 9.17) is 4.74 Å². The maximum atomic E-state index is 13.0. The number of carbonyl (C=O) groups is 2. The highest BCUT2D eigenvalue weighted by molar-refractivity contribution is 5.96. The first kappa shape index (κ1) is 22.6. The molecule has 0 saturated heterocycles. The standard InChI is InChI=1S/C26H30N4O3/c1-26(2,3)33-25(32)28-20-12-7-11-19(15-20)24(31)29-22-13-8-14-23-21(22)16-27-30(23)17-18-9-5-4-6-10-18/h4-7,9-12,15-16,22H,8,13-14,17H2,1-3H3,(H,28,32)(H,29,31). The largest absolute Gasteiger partial charge is 0.444 e. The fourth-order valence-electron chi connectivity index (χ4n) is 4.06. The molecule has 33 heavy (non-hydrogen) atoms. The minimum absolute atomic E-state index is 0.0896. The molecule has 1 aromatic heterocycles. The lowest BCUT2D eigenvalue weighted by molar-refractivity contribution is 0.0635. The van der Waals surface area contributed by atoms with E-state index in [0.717, 1.165) is 31.4 Å². The highest BCUT2D eigenvalue weighted by Gasteiger charge is 2.26. The molecule has 172 valence electrons. The molecule has 2 aromatic carbocycles. The van der Waals surface area contributed by atoms with E-state index in [1.807, 2.05) is 29.1 Å². The van der Waals surface area contributed by atoms with Crippen LogP contribution in [0.25, 0.3) is 0 Å². The van der Waals surface area contributed by atoms with Crippen LogP contribution in [0.2, 0.25) is 0 Å². The van der Waals surface area contributed by atoms with Crippen LogP contribution >= 0.6 is 0 Å². The van der Waals surface area contributed by atoms with E-state index in [1.165, 1.54) is 11.3 Å². The van der Waals surface area contributed by atoms with Gasteiger partial charge in [0.2, 0.25) is 0 Å². The molecule has 1 heterocycles. The van der Waals surface area contributed by atoms with E-state index in [1.54, 1.807) is 45.0 Å². The smallest absolute Gasteiger partial charge is 0.412 e. The molecule has 0 spiro atoms. The van der Waals surface area contributed by atoms with E-state index in [0.29, 0.717) is 11.3 Å². The fraction of sp³-hybridized carbons (Fsp3) is 0.346. The van der Waals surface area contributed by atoms with Crippen molar-refractivity contribution in [3.05, 3.63) is 83.2 Å². The van der Waals surface area contributed by atoms with E-state index in [-0.39, 0.29) is 11.9 Å². The summed E-state index contributed by atoms with van der Waals surface area (Å²) in [4.78, 5) is 25.1. The lowest BCUT2D eigenvalue weighted by atomic mass is 9.92. The van der Waals surface area contributed by atoms with Crippen molar-refractivity contribution >= 4 is 17.7 Å². The molecule has 0 fully saturated rings. The predicted octanol–water partition coefficient (Wildman–Crippen LogP) is 5.09. The Bertz CT molecular complexity index is 1130. The summed E-state index contributed by atoms with van der Waals surface area (Å²) in [5.74, 6) is -0.184. The first-order valence-electron chi connectivity index (χ1n) is 11.3. The Morgan fingerprint density at radius 3 is 2.67 bits per heavy atom. The second-order valence-corrected chi connectivity index (χ2v) is 9.32. The summed E-state index contributed by atoms with van der Waals surface area (Å²) in [5.41, 5.74) is 3.85. The summed E-state index contributed by atoms with van der Waals surface area (Å²) in [5, 5.41) is 10.4. The number of anilines is 1. The number of amides is 2. The molecule has 1 aliphatic carbocycles. The Morgan fingerprint density at radius 2 is 1.91 bits per heavy atom. The quantitative estimate of drug-likeness (QED) is 0.572. The first-order valence-corrected chi connectivity index (χ1v) is 11.3. The van der Waals surface area contributed by atoms with E-state index in [9.17, 15) is 9.59 Å². The number of nitrogens with one attached hydrogen (secondary N) is 2. The fourth-order valence-corrected chi connectivity index (χ4v) is 4.06. The van der Waals surface area contributed by atoms with Gasteiger partial charge >= 0.3 is 6.09 Å². The number of hydrogen-bond acceptors (Lipinski definition) is 4.